The minimum Gasteiger partial charge on any atom is -0.459 e. The molecule has 0 saturated carbocycles. The third-order valence-corrected chi connectivity index (χ3v) is 5.72. The monoisotopic (exact) mass is 395 g/mol. The van der Waals surface area contributed by atoms with Crippen LogP contribution in [0, 0.1) is 5.92 Å². The van der Waals surface area contributed by atoms with Crippen LogP contribution in [0.15, 0.2) is 58.7 Å². The summed E-state index contributed by atoms with van der Waals surface area (Å²) in [5, 5.41) is 2.38. The molecule has 3 rings (SSSR count). The van der Waals surface area contributed by atoms with Crippen molar-refractivity contribution in [3.05, 3.63) is 65.6 Å². The molecule has 0 unspecified atom stereocenters. The second kappa shape index (κ2) is 11.6. The van der Waals surface area contributed by atoms with E-state index in [9.17, 15) is 4.79 Å². The number of quaternary nitrogens is 1. The first kappa shape index (κ1) is 21.4. The lowest BCUT2D eigenvalue weighted by Crippen LogP contribution is -2.86. The van der Waals surface area contributed by atoms with Crippen LogP contribution in [-0.2, 0) is 0 Å². The van der Waals surface area contributed by atoms with Crippen molar-refractivity contribution in [3.63, 3.8) is 0 Å². The highest BCUT2D eigenvalue weighted by molar-refractivity contribution is 5.91. The molecular weight excluding hydrogens is 360 g/mol. The van der Waals surface area contributed by atoms with Crippen molar-refractivity contribution in [1.29, 1.82) is 0 Å². The number of hydrogen-bond donors (Lipinski definition) is 1. The molecule has 0 atom stereocenters. The average Bonchev–Trinajstić information content (AvgIpc) is 3.29. The number of hydrogen-bond acceptors (Lipinski definition) is 2. The second-order valence-corrected chi connectivity index (χ2v) is 8.14. The molecule has 1 aromatic carbocycles. The standard InChI is InChI=1S/C25H34N2O2/c1-2-3-5-11-23(18-21-9-6-4-7-10-21)20-27(19-22-13-15-26-16-14-22)25(28)24-12-8-17-29-24/h4,6-10,12,17-18,22,26H,2-3,5,11,13-16,19-20H2,1H3/p+1/b23-18+. The number of amides is 1. The highest BCUT2D eigenvalue weighted by Crippen LogP contribution is 2.20. The van der Waals surface area contributed by atoms with E-state index in [1.54, 1.807) is 18.4 Å². The van der Waals surface area contributed by atoms with Gasteiger partial charge in [-0.1, -0.05) is 61.7 Å². The van der Waals surface area contributed by atoms with Crippen LogP contribution in [0.25, 0.3) is 6.08 Å². The summed E-state index contributed by atoms with van der Waals surface area (Å²) in [6.07, 6.45) is 10.8. The Morgan fingerprint density at radius 1 is 1.14 bits per heavy atom. The number of piperidine rings is 1. The van der Waals surface area contributed by atoms with E-state index >= 15 is 0 Å². The number of carbonyl (C=O) groups excluding carboxylic acids is 1. The van der Waals surface area contributed by atoms with Gasteiger partial charge in [-0.15, -0.1) is 0 Å². The first-order chi connectivity index (χ1) is 14.3. The lowest BCUT2D eigenvalue weighted by Gasteiger charge is -2.29. The van der Waals surface area contributed by atoms with Crippen molar-refractivity contribution < 1.29 is 14.5 Å². The molecule has 1 saturated heterocycles. The Morgan fingerprint density at radius 2 is 1.93 bits per heavy atom. The molecule has 1 fully saturated rings. The molecule has 1 aromatic heterocycles. The Hall–Kier alpha value is -2.33. The highest BCUT2D eigenvalue weighted by Gasteiger charge is 2.25. The van der Waals surface area contributed by atoms with Gasteiger partial charge in [-0.25, -0.2) is 0 Å². The Labute approximate surface area is 175 Å². The van der Waals surface area contributed by atoms with Crippen LogP contribution in [0.2, 0.25) is 0 Å². The maximum Gasteiger partial charge on any atom is 0.289 e. The fourth-order valence-corrected chi connectivity index (χ4v) is 4.09. The molecule has 29 heavy (non-hydrogen) atoms. The van der Waals surface area contributed by atoms with Gasteiger partial charge in [0.15, 0.2) is 5.76 Å². The molecule has 1 amide bonds. The highest BCUT2D eigenvalue weighted by atomic mass is 16.3. The van der Waals surface area contributed by atoms with Gasteiger partial charge in [-0.2, -0.15) is 0 Å². The van der Waals surface area contributed by atoms with Gasteiger partial charge in [-0.05, 0) is 36.5 Å². The molecule has 0 bridgehead atoms. The van der Waals surface area contributed by atoms with Crippen LogP contribution < -0.4 is 5.32 Å². The number of carbonyl (C=O) groups is 1. The summed E-state index contributed by atoms with van der Waals surface area (Å²) in [6.45, 7) is 6.05. The Morgan fingerprint density at radius 3 is 2.62 bits per heavy atom. The zero-order chi connectivity index (χ0) is 20.3. The molecule has 2 N–H and O–H groups in total. The summed E-state index contributed by atoms with van der Waals surface area (Å²) in [4.78, 5) is 15.2. The SMILES string of the molecule is CCCCC/C(=C\c1ccccc1)CN(CC1CC[NH2+]CC1)C(=O)c1ccco1. The van der Waals surface area contributed by atoms with Crippen molar-refractivity contribution >= 4 is 12.0 Å². The van der Waals surface area contributed by atoms with Crippen molar-refractivity contribution in [2.24, 2.45) is 5.92 Å². The summed E-state index contributed by atoms with van der Waals surface area (Å²) >= 11 is 0. The Bertz CT molecular complexity index is 746. The van der Waals surface area contributed by atoms with Gasteiger partial charge >= 0.3 is 0 Å². The number of furan rings is 1. The lowest BCUT2D eigenvalue weighted by molar-refractivity contribution is -0.664. The average molecular weight is 396 g/mol. The zero-order valence-corrected chi connectivity index (χ0v) is 17.7. The molecule has 1 aliphatic heterocycles. The Balaban J connectivity index is 1.78. The predicted octanol–water partition coefficient (Wildman–Crippen LogP) is 4.36. The van der Waals surface area contributed by atoms with Crippen molar-refractivity contribution in [1.82, 2.24) is 4.90 Å². The fourth-order valence-electron chi connectivity index (χ4n) is 4.09. The van der Waals surface area contributed by atoms with Gasteiger partial charge in [0.1, 0.15) is 0 Å². The minimum absolute atomic E-state index is 0.0130. The minimum atomic E-state index is 0.0130. The van der Waals surface area contributed by atoms with Crippen molar-refractivity contribution in [3.8, 4) is 0 Å². The summed E-state index contributed by atoms with van der Waals surface area (Å²) in [6, 6.07) is 14.0. The maximum atomic E-state index is 13.2. The maximum absolute atomic E-state index is 13.2. The number of rotatable bonds is 10. The van der Waals surface area contributed by atoms with E-state index in [0.29, 0.717) is 18.2 Å². The van der Waals surface area contributed by atoms with Crippen LogP contribution in [0.4, 0.5) is 0 Å². The topological polar surface area (TPSA) is 50.1 Å². The fraction of sp³-hybridized carbons (Fsp3) is 0.480. The van der Waals surface area contributed by atoms with Gasteiger partial charge in [0.2, 0.25) is 0 Å². The van der Waals surface area contributed by atoms with Gasteiger partial charge in [0, 0.05) is 25.9 Å². The molecule has 0 radical (unpaired) electrons. The first-order valence-electron chi connectivity index (χ1n) is 11.1. The molecule has 2 heterocycles. The summed E-state index contributed by atoms with van der Waals surface area (Å²) in [5.74, 6) is 1.03. The van der Waals surface area contributed by atoms with Gasteiger partial charge in [0.25, 0.3) is 5.91 Å². The molecule has 4 heteroatoms. The quantitative estimate of drug-likeness (QED) is 0.608. The largest absolute Gasteiger partial charge is 0.459 e. The van der Waals surface area contributed by atoms with Gasteiger partial charge < -0.3 is 14.6 Å². The van der Waals surface area contributed by atoms with Crippen LogP contribution in [0.5, 0.6) is 0 Å². The van der Waals surface area contributed by atoms with E-state index in [4.69, 9.17) is 4.42 Å². The molecular formula is C25H35N2O2+. The first-order valence-corrected chi connectivity index (χ1v) is 11.1. The van der Waals surface area contributed by atoms with Crippen LogP contribution in [0.3, 0.4) is 0 Å². The summed E-state index contributed by atoms with van der Waals surface area (Å²) in [5.41, 5.74) is 2.53. The third-order valence-electron chi connectivity index (χ3n) is 5.72. The van der Waals surface area contributed by atoms with Gasteiger partial charge in [-0.3, -0.25) is 4.79 Å². The molecule has 156 valence electrons. The zero-order valence-electron chi connectivity index (χ0n) is 17.7. The summed E-state index contributed by atoms with van der Waals surface area (Å²) in [7, 11) is 0. The van der Waals surface area contributed by atoms with Crippen LogP contribution in [-0.4, -0.2) is 37.0 Å². The summed E-state index contributed by atoms with van der Waals surface area (Å²) < 4.78 is 5.45. The van der Waals surface area contributed by atoms with E-state index in [-0.39, 0.29) is 5.91 Å². The molecule has 2 aromatic rings. The van der Waals surface area contributed by atoms with Crippen LogP contribution >= 0.6 is 0 Å². The molecule has 0 spiro atoms. The number of benzene rings is 1. The lowest BCUT2D eigenvalue weighted by atomic mass is 9.96. The van der Waals surface area contributed by atoms with E-state index in [1.165, 1.54) is 36.8 Å². The third kappa shape index (κ3) is 6.90. The van der Waals surface area contributed by atoms with E-state index < -0.39 is 0 Å². The smallest absolute Gasteiger partial charge is 0.289 e. The van der Waals surface area contributed by atoms with E-state index in [1.807, 2.05) is 11.0 Å². The second-order valence-electron chi connectivity index (χ2n) is 8.14. The predicted molar refractivity (Wildman–Crippen MR) is 118 cm³/mol. The van der Waals surface area contributed by atoms with E-state index in [2.05, 4.69) is 42.6 Å². The molecule has 4 nitrogen and oxygen atoms in total. The van der Waals surface area contributed by atoms with Gasteiger partial charge in [0.05, 0.1) is 19.4 Å². The number of nitrogens with two attached hydrogens (primary N) is 1. The van der Waals surface area contributed by atoms with Crippen molar-refractivity contribution in [2.45, 2.75) is 45.4 Å². The molecule has 0 aliphatic carbocycles. The van der Waals surface area contributed by atoms with E-state index in [0.717, 1.165) is 32.5 Å². The Kier molecular flexibility index (Phi) is 8.57. The van der Waals surface area contributed by atoms with Crippen molar-refractivity contribution in [2.75, 3.05) is 26.2 Å². The number of unbranched alkanes of at least 4 members (excludes halogenated alkanes) is 2. The number of nitrogens with zero attached hydrogens (tertiary/aromatic N) is 1. The normalized spacial score (nSPS) is 15.4. The molecule has 1 aliphatic rings. The van der Waals surface area contributed by atoms with Crippen LogP contribution in [0.1, 0.15) is 61.6 Å².